The number of nitriles is 1. The van der Waals surface area contributed by atoms with Crippen LogP contribution in [0.15, 0.2) is 97.3 Å². The summed E-state index contributed by atoms with van der Waals surface area (Å²) in [6.45, 7) is 0.499. The van der Waals surface area contributed by atoms with E-state index in [9.17, 15) is 13.7 Å². The van der Waals surface area contributed by atoms with Crippen molar-refractivity contribution in [1.82, 2.24) is 0 Å². The van der Waals surface area contributed by atoms with Crippen LogP contribution in [0.1, 0.15) is 19.0 Å². The Kier molecular flexibility index (Phi) is 10.6. The van der Waals surface area contributed by atoms with E-state index in [-0.39, 0.29) is 36.7 Å². The molecule has 0 atom stereocenters. The Balaban J connectivity index is 0.00000280. The second-order valence-corrected chi connectivity index (χ2v) is 10.8. The van der Waals surface area contributed by atoms with E-state index in [1.54, 1.807) is 0 Å². The molecule has 39 heavy (non-hydrogen) atoms. The summed E-state index contributed by atoms with van der Waals surface area (Å²) >= 11 is 0. The van der Waals surface area contributed by atoms with Gasteiger partial charge in [-0.05, 0) is 51.6 Å². The van der Waals surface area contributed by atoms with Crippen molar-refractivity contribution < 1.29 is 48.5 Å². The molecule has 0 spiro atoms. The average molecular weight is 549 g/mol. The zero-order chi connectivity index (χ0) is 27.1. The van der Waals surface area contributed by atoms with Crippen molar-refractivity contribution in [3.8, 4) is 28.3 Å². The summed E-state index contributed by atoms with van der Waals surface area (Å²) in [4.78, 5) is 2.07. The zero-order valence-electron chi connectivity index (χ0n) is 23.4. The number of aryl methyl sites for hydroxylation is 1. The number of pyridine rings is 1. The van der Waals surface area contributed by atoms with Crippen LogP contribution in [0.25, 0.3) is 33.9 Å². The minimum Gasteiger partial charge on any atom is -1.00 e. The molecule has 0 aliphatic heterocycles. The summed E-state index contributed by atoms with van der Waals surface area (Å²) in [6, 6.07) is 30.7. The van der Waals surface area contributed by atoms with Crippen LogP contribution in [0.5, 0.6) is 0 Å². The number of aromatic nitrogens is 1. The minimum absolute atomic E-state index is 0. The van der Waals surface area contributed by atoms with Crippen molar-refractivity contribution in [3.05, 3.63) is 108 Å². The van der Waals surface area contributed by atoms with Gasteiger partial charge in [0.25, 0.3) is 10.1 Å². The molecular formula is C31H31N3NaO3S+. The molecule has 1 aromatic heterocycles. The first-order chi connectivity index (χ1) is 18.2. The van der Waals surface area contributed by atoms with Gasteiger partial charge in [0, 0.05) is 38.3 Å². The van der Waals surface area contributed by atoms with E-state index in [0.29, 0.717) is 18.5 Å². The molecule has 4 aromatic rings. The molecule has 0 radical (unpaired) electrons. The van der Waals surface area contributed by atoms with Gasteiger partial charge in [0.2, 0.25) is 0 Å². The van der Waals surface area contributed by atoms with Crippen LogP contribution >= 0.6 is 0 Å². The molecule has 4 rings (SSSR count). The number of allylic oxidation sites excluding steroid dienone is 1. The molecule has 0 unspecified atom stereocenters. The third-order valence-electron chi connectivity index (χ3n) is 6.30. The van der Waals surface area contributed by atoms with E-state index in [1.165, 1.54) is 0 Å². The predicted molar refractivity (Wildman–Crippen MR) is 154 cm³/mol. The van der Waals surface area contributed by atoms with Gasteiger partial charge in [0.05, 0.1) is 17.4 Å². The molecule has 1 heterocycles. The summed E-state index contributed by atoms with van der Waals surface area (Å²) in [6.07, 6.45) is 6.00. The minimum atomic E-state index is -3.94. The quantitative estimate of drug-likeness (QED) is 0.114. The van der Waals surface area contributed by atoms with Gasteiger partial charge in [-0.3, -0.25) is 4.55 Å². The maximum Gasteiger partial charge on any atom is 1.00 e. The normalized spacial score (nSPS) is 11.4. The van der Waals surface area contributed by atoms with Crippen molar-refractivity contribution in [2.45, 2.75) is 13.0 Å². The van der Waals surface area contributed by atoms with Crippen LogP contribution in [-0.2, 0) is 16.7 Å². The summed E-state index contributed by atoms with van der Waals surface area (Å²) in [5.41, 5.74) is 7.84. The maximum atomic E-state index is 10.9. The Bertz CT molecular complexity index is 1560. The first kappa shape index (κ1) is 30.3. The molecule has 0 amide bonds. The molecule has 1 N–H and O–H groups in total. The first-order valence-electron chi connectivity index (χ1n) is 12.3. The van der Waals surface area contributed by atoms with Crippen LogP contribution in [-0.4, -0.2) is 32.8 Å². The van der Waals surface area contributed by atoms with Crippen molar-refractivity contribution >= 4 is 27.5 Å². The van der Waals surface area contributed by atoms with Gasteiger partial charge in [-0.25, -0.2) is 4.57 Å². The Hall–Kier alpha value is -3.25. The van der Waals surface area contributed by atoms with Crippen LogP contribution in [0.2, 0.25) is 0 Å². The molecule has 0 saturated carbocycles. The number of hydrogen-bond acceptors (Lipinski definition) is 4. The molecule has 0 fully saturated rings. The van der Waals surface area contributed by atoms with Gasteiger partial charge in [-0.1, -0.05) is 60.7 Å². The van der Waals surface area contributed by atoms with E-state index in [1.807, 2.05) is 85.7 Å². The second kappa shape index (κ2) is 13.7. The fourth-order valence-electron chi connectivity index (χ4n) is 4.14. The fraction of sp³-hybridized carbons (Fsp3) is 0.161. The van der Waals surface area contributed by atoms with Gasteiger partial charge in [0.15, 0.2) is 12.4 Å². The van der Waals surface area contributed by atoms with Crippen LogP contribution in [0.3, 0.4) is 0 Å². The summed E-state index contributed by atoms with van der Waals surface area (Å²) < 4.78 is 32.5. The van der Waals surface area contributed by atoms with Gasteiger partial charge in [-0.15, -0.1) is 0 Å². The monoisotopic (exact) mass is 548 g/mol. The number of rotatable bonds is 9. The van der Waals surface area contributed by atoms with Gasteiger partial charge in [-0.2, -0.15) is 13.7 Å². The van der Waals surface area contributed by atoms with E-state index in [2.05, 4.69) is 47.4 Å². The molecular weight excluding hydrogens is 517 g/mol. The average Bonchev–Trinajstić information content (AvgIpc) is 2.92. The fourth-order valence-corrected chi connectivity index (χ4v) is 4.64. The van der Waals surface area contributed by atoms with Crippen molar-refractivity contribution in [2.24, 2.45) is 0 Å². The van der Waals surface area contributed by atoms with Gasteiger partial charge in [0.1, 0.15) is 6.54 Å². The SMILES string of the molecule is CN(C)c1ccc(-c2ccc(/C=C(\C#N)c3ccc(-c4cc[n+](CCCS(=O)(=O)O)cc4)cc3)cc2)cc1.[H-].[Na+]. The molecule has 8 heteroatoms. The van der Waals surface area contributed by atoms with E-state index in [0.717, 1.165) is 39.1 Å². The van der Waals surface area contributed by atoms with Gasteiger partial charge >= 0.3 is 29.6 Å². The molecule has 0 aliphatic rings. The number of anilines is 1. The molecule has 194 valence electrons. The Morgan fingerprint density at radius 1 is 0.872 bits per heavy atom. The summed E-state index contributed by atoms with van der Waals surface area (Å²) in [7, 11) is 0.106. The Morgan fingerprint density at radius 2 is 1.36 bits per heavy atom. The standard InChI is InChI=1S/C31H29N3O3S.Na.H/c1-33(2)31-14-12-27(13-15-31)25-6-4-24(5-7-25)22-30(23-32)28-10-8-26(9-11-28)29-16-19-34(20-17-29)18-3-21-38(35,36)37;;/h4-17,19-20,22H,3,18,21H2,1-2H3;;/q;+1;-1/p+1. The van der Waals surface area contributed by atoms with E-state index in [4.69, 9.17) is 4.55 Å². The maximum absolute atomic E-state index is 10.9. The topological polar surface area (TPSA) is 85.3 Å². The smallest absolute Gasteiger partial charge is 1.00 e. The predicted octanol–water partition coefficient (Wildman–Crippen LogP) is 2.83. The van der Waals surface area contributed by atoms with Crippen LogP contribution in [0.4, 0.5) is 5.69 Å². The number of hydrogen-bond donors (Lipinski definition) is 1. The molecule has 0 aliphatic carbocycles. The summed E-state index contributed by atoms with van der Waals surface area (Å²) in [5.74, 6) is -0.257. The second-order valence-electron chi connectivity index (χ2n) is 9.27. The third kappa shape index (κ3) is 8.62. The largest absolute Gasteiger partial charge is 1.00 e. The number of nitrogens with zero attached hydrogens (tertiary/aromatic N) is 3. The summed E-state index contributed by atoms with van der Waals surface area (Å²) in [5, 5.41) is 9.80. The zero-order valence-corrected chi connectivity index (χ0v) is 25.3. The van der Waals surface area contributed by atoms with Crippen LogP contribution in [0, 0.1) is 11.3 Å². The molecule has 3 aromatic carbocycles. The van der Waals surface area contributed by atoms with Crippen molar-refractivity contribution in [2.75, 3.05) is 24.7 Å². The molecule has 6 nitrogen and oxygen atoms in total. The Labute approximate surface area is 254 Å². The molecule has 0 saturated heterocycles. The van der Waals surface area contributed by atoms with Crippen molar-refractivity contribution in [1.29, 1.82) is 5.26 Å². The van der Waals surface area contributed by atoms with E-state index < -0.39 is 10.1 Å². The Morgan fingerprint density at radius 3 is 1.85 bits per heavy atom. The number of benzene rings is 3. The van der Waals surface area contributed by atoms with Gasteiger partial charge < -0.3 is 6.33 Å². The van der Waals surface area contributed by atoms with Crippen LogP contribution < -0.4 is 39.0 Å². The third-order valence-corrected chi connectivity index (χ3v) is 7.10. The first-order valence-corrected chi connectivity index (χ1v) is 13.9. The molecule has 0 bridgehead atoms. The van der Waals surface area contributed by atoms with Crippen molar-refractivity contribution in [3.63, 3.8) is 0 Å². The van der Waals surface area contributed by atoms with E-state index >= 15 is 0 Å².